The maximum absolute atomic E-state index is 13.0. The SMILES string of the molecule is CCCCCCc1cnc(-c2ccc(OCCCOCC(F)CC)cc2)nc1. The molecule has 0 aliphatic carbocycles. The van der Waals surface area contributed by atoms with Gasteiger partial charge in [0.1, 0.15) is 11.9 Å². The minimum atomic E-state index is -0.870. The smallest absolute Gasteiger partial charge is 0.159 e. The number of nitrogens with zero attached hydrogens (tertiary/aromatic N) is 2. The number of halogens is 1. The zero-order valence-corrected chi connectivity index (χ0v) is 17.2. The van der Waals surface area contributed by atoms with Crippen LogP contribution in [0.4, 0.5) is 4.39 Å². The zero-order valence-electron chi connectivity index (χ0n) is 17.2. The first kappa shape index (κ1) is 22.3. The van der Waals surface area contributed by atoms with Crippen LogP contribution in [0.1, 0.15) is 57.9 Å². The lowest BCUT2D eigenvalue weighted by molar-refractivity contribution is 0.0712. The molecule has 4 nitrogen and oxygen atoms in total. The molecule has 5 heteroatoms. The Morgan fingerprint density at radius 3 is 2.36 bits per heavy atom. The summed E-state index contributed by atoms with van der Waals surface area (Å²) in [5, 5.41) is 0. The summed E-state index contributed by atoms with van der Waals surface area (Å²) < 4.78 is 24.0. The second-order valence-corrected chi connectivity index (χ2v) is 7.03. The summed E-state index contributed by atoms with van der Waals surface area (Å²) in [5.41, 5.74) is 2.17. The van der Waals surface area contributed by atoms with Crippen molar-refractivity contribution in [3.05, 3.63) is 42.2 Å². The fourth-order valence-corrected chi connectivity index (χ4v) is 2.77. The fraction of sp³-hybridized carbons (Fsp3) is 0.565. The number of benzene rings is 1. The molecule has 0 saturated heterocycles. The molecule has 0 spiro atoms. The largest absolute Gasteiger partial charge is 0.494 e. The summed E-state index contributed by atoms with van der Waals surface area (Å²) >= 11 is 0. The number of ether oxygens (including phenoxy) is 2. The number of hydrogen-bond acceptors (Lipinski definition) is 4. The van der Waals surface area contributed by atoms with E-state index in [0.29, 0.717) is 19.6 Å². The highest BCUT2D eigenvalue weighted by Crippen LogP contribution is 2.19. The first-order chi connectivity index (χ1) is 13.7. The normalized spacial score (nSPS) is 12.1. The molecular formula is C23H33FN2O2. The molecule has 0 bridgehead atoms. The molecule has 0 saturated carbocycles. The quantitative estimate of drug-likeness (QED) is 0.384. The summed E-state index contributed by atoms with van der Waals surface area (Å²) in [7, 11) is 0. The van der Waals surface area contributed by atoms with E-state index in [4.69, 9.17) is 9.47 Å². The Balaban J connectivity index is 1.71. The summed E-state index contributed by atoms with van der Waals surface area (Å²) in [5.74, 6) is 1.53. The van der Waals surface area contributed by atoms with E-state index in [9.17, 15) is 4.39 Å². The van der Waals surface area contributed by atoms with E-state index in [-0.39, 0.29) is 6.61 Å². The summed E-state index contributed by atoms with van der Waals surface area (Å²) in [4.78, 5) is 8.99. The number of alkyl halides is 1. The average Bonchev–Trinajstić information content (AvgIpc) is 2.74. The Hall–Kier alpha value is -2.01. The van der Waals surface area contributed by atoms with Gasteiger partial charge in [0, 0.05) is 31.0 Å². The molecule has 1 heterocycles. The number of unbranched alkanes of at least 4 members (excludes halogenated alkanes) is 3. The van der Waals surface area contributed by atoms with Gasteiger partial charge in [-0.25, -0.2) is 14.4 Å². The monoisotopic (exact) mass is 388 g/mol. The lowest BCUT2D eigenvalue weighted by Crippen LogP contribution is -2.11. The third kappa shape index (κ3) is 8.34. The van der Waals surface area contributed by atoms with Crippen LogP contribution in [-0.2, 0) is 11.2 Å². The zero-order chi connectivity index (χ0) is 20.0. The van der Waals surface area contributed by atoms with Crippen LogP contribution in [0.2, 0.25) is 0 Å². The summed E-state index contributed by atoms with van der Waals surface area (Å²) in [6.45, 7) is 5.26. The minimum absolute atomic E-state index is 0.169. The van der Waals surface area contributed by atoms with Crippen molar-refractivity contribution in [3.63, 3.8) is 0 Å². The number of rotatable bonds is 14. The first-order valence-corrected chi connectivity index (χ1v) is 10.5. The molecule has 0 amide bonds. The predicted octanol–water partition coefficient (Wildman–Crippen LogP) is 5.80. The molecule has 2 rings (SSSR count). The lowest BCUT2D eigenvalue weighted by atomic mass is 10.1. The van der Waals surface area contributed by atoms with Gasteiger partial charge < -0.3 is 9.47 Å². The number of hydrogen-bond donors (Lipinski definition) is 0. The molecule has 1 aromatic carbocycles. The Bertz CT molecular complexity index is 647. The van der Waals surface area contributed by atoms with E-state index in [1.54, 1.807) is 0 Å². The molecule has 154 valence electrons. The topological polar surface area (TPSA) is 44.2 Å². The Kier molecular flexibility index (Phi) is 10.5. The van der Waals surface area contributed by atoms with Gasteiger partial charge in [-0.3, -0.25) is 0 Å². The summed E-state index contributed by atoms with van der Waals surface area (Å²) in [6.07, 6.45) is 10.3. The Morgan fingerprint density at radius 1 is 0.929 bits per heavy atom. The van der Waals surface area contributed by atoms with Crippen LogP contribution in [0.25, 0.3) is 11.4 Å². The van der Waals surface area contributed by atoms with E-state index in [2.05, 4.69) is 16.9 Å². The van der Waals surface area contributed by atoms with Crippen molar-refractivity contribution in [2.75, 3.05) is 19.8 Å². The Labute approximate surface area is 168 Å². The van der Waals surface area contributed by atoms with Crippen LogP contribution in [0, 0.1) is 0 Å². The van der Waals surface area contributed by atoms with E-state index < -0.39 is 6.17 Å². The molecule has 0 aliphatic heterocycles. The van der Waals surface area contributed by atoms with E-state index in [1.807, 2.05) is 43.6 Å². The molecule has 0 N–H and O–H groups in total. The van der Waals surface area contributed by atoms with Crippen molar-refractivity contribution in [1.82, 2.24) is 9.97 Å². The Morgan fingerprint density at radius 2 is 1.68 bits per heavy atom. The molecule has 2 aromatic rings. The van der Waals surface area contributed by atoms with Gasteiger partial charge in [0.05, 0.1) is 13.2 Å². The first-order valence-electron chi connectivity index (χ1n) is 10.5. The molecule has 0 fully saturated rings. The van der Waals surface area contributed by atoms with Crippen LogP contribution < -0.4 is 4.74 Å². The fourth-order valence-electron chi connectivity index (χ4n) is 2.77. The van der Waals surface area contributed by atoms with Crippen LogP contribution in [0.15, 0.2) is 36.7 Å². The molecule has 0 aliphatic rings. The van der Waals surface area contributed by atoms with Crippen LogP contribution in [0.3, 0.4) is 0 Å². The lowest BCUT2D eigenvalue weighted by Gasteiger charge is -2.09. The van der Waals surface area contributed by atoms with Gasteiger partial charge in [-0.2, -0.15) is 0 Å². The van der Waals surface area contributed by atoms with Crippen LogP contribution in [-0.4, -0.2) is 36.0 Å². The number of aryl methyl sites for hydroxylation is 1. The maximum Gasteiger partial charge on any atom is 0.159 e. The van der Waals surface area contributed by atoms with E-state index >= 15 is 0 Å². The highest BCUT2D eigenvalue weighted by atomic mass is 19.1. The molecular weight excluding hydrogens is 355 g/mol. The third-order valence-corrected chi connectivity index (χ3v) is 4.58. The van der Waals surface area contributed by atoms with Gasteiger partial charge in [-0.15, -0.1) is 0 Å². The van der Waals surface area contributed by atoms with Gasteiger partial charge in [0.25, 0.3) is 0 Å². The van der Waals surface area contributed by atoms with E-state index in [0.717, 1.165) is 30.0 Å². The molecule has 0 radical (unpaired) electrons. The van der Waals surface area contributed by atoms with Gasteiger partial charge >= 0.3 is 0 Å². The standard InChI is InChI=1S/C23H33FN2O2/c1-3-5-6-7-9-19-16-25-23(26-17-19)20-10-12-22(13-11-20)28-15-8-14-27-18-21(24)4-2/h10-13,16-17,21H,3-9,14-15,18H2,1-2H3. The summed E-state index contributed by atoms with van der Waals surface area (Å²) in [6, 6.07) is 7.79. The van der Waals surface area contributed by atoms with Crippen LogP contribution in [0.5, 0.6) is 5.75 Å². The third-order valence-electron chi connectivity index (χ3n) is 4.58. The van der Waals surface area contributed by atoms with Gasteiger partial charge in [0.2, 0.25) is 0 Å². The molecule has 1 atom stereocenters. The molecule has 1 aromatic heterocycles. The van der Waals surface area contributed by atoms with Crippen LogP contribution >= 0.6 is 0 Å². The highest BCUT2D eigenvalue weighted by molar-refractivity contribution is 5.55. The van der Waals surface area contributed by atoms with Crippen molar-refractivity contribution < 1.29 is 13.9 Å². The maximum atomic E-state index is 13.0. The molecule has 28 heavy (non-hydrogen) atoms. The van der Waals surface area contributed by atoms with Crippen molar-refractivity contribution >= 4 is 0 Å². The minimum Gasteiger partial charge on any atom is -0.494 e. The second-order valence-electron chi connectivity index (χ2n) is 7.03. The molecule has 1 unspecified atom stereocenters. The van der Waals surface area contributed by atoms with E-state index in [1.165, 1.54) is 31.2 Å². The van der Waals surface area contributed by atoms with Gasteiger partial charge in [-0.1, -0.05) is 33.1 Å². The highest BCUT2D eigenvalue weighted by Gasteiger charge is 2.04. The number of aromatic nitrogens is 2. The van der Waals surface area contributed by atoms with Gasteiger partial charge in [-0.05, 0) is 49.1 Å². The second kappa shape index (κ2) is 13.2. The van der Waals surface area contributed by atoms with Crippen molar-refractivity contribution in [2.45, 2.75) is 65.0 Å². The van der Waals surface area contributed by atoms with Crippen molar-refractivity contribution in [1.29, 1.82) is 0 Å². The average molecular weight is 389 g/mol. The van der Waals surface area contributed by atoms with Crippen molar-refractivity contribution in [2.24, 2.45) is 0 Å². The van der Waals surface area contributed by atoms with Gasteiger partial charge in [0.15, 0.2) is 5.82 Å². The van der Waals surface area contributed by atoms with Crippen molar-refractivity contribution in [3.8, 4) is 17.1 Å². The predicted molar refractivity (Wildman–Crippen MR) is 111 cm³/mol.